The molecule has 0 saturated heterocycles. The average Bonchev–Trinajstić information content (AvgIpc) is 1.02. The van der Waals surface area contributed by atoms with Crippen LogP contribution in [0.1, 0.15) is 483 Å². The van der Waals surface area contributed by atoms with Gasteiger partial charge in [-0.2, -0.15) is 0 Å². The minimum atomic E-state index is -1.51. The van der Waals surface area contributed by atoms with Crippen LogP contribution in [-0.4, -0.2) is 87.4 Å². The molecule has 0 aliphatic carbocycles. The number of esters is 2. The van der Waals surface area contributed by atoms with E-state index in [2.05, 4.69) is 50.3 Å². The summed E-state index contributed by atoms with van der Waals surface area (Å²) in [6, 6.07) is 0. The first-order valence-electron chi connectivity index (χ1n) is 45.7. The molecular weight excluding hydrogens is 1260 g/mol. The maximum absolute atomic E-state index is 13.0. The Kier molecular flexibility index (Phi) is 82.1. The van der Waals surface area contributed by atoms with E-state index in [0.29, 0.717) is 17.4 Å². The molecule has 0 radical (unpaired) electrons. The first kappa shape index (κ1) is 99.5. The number of nitrogens with zero attached hydrogens (tertiary/aromatic N) is 1. The number of hydrogen-bond acceptors (Lipinski definition) is 7. The highest BCUT2D eigenvalue weighted by molar-refractivity contribution is 5.71. The summed E-state index contributed by atoms with van der Waals surface area (Å²) >= 11 is 0. The largest absolute Gasteiger partial charge is 0.477 e. The SMILES string of the molecule is CCCCCCC/C=C\C/C=C\C/C=C\CCCCCCCCCCCCCCCCCCCCCCCCC(=O)OC(COC(=O)CCCCCCCCCCCCCCCCCCCCCCCCCCCCCCCCCCCCCCCCCC)COC(OCC[N+](C)(C)C)C(=O)O. The third-order valence-electron chi connectivity index (χ3n) is 21.1. The molecule has 0 spiro atoms. The lowest BCUT2D eigenvalue weighted by Gasteiger charge is -2.25. The molecule has 602 valence electrons. The lowest BCUT2D eigenvalue weighted by atomic mass is 10.0. The number of rotatable bonds is 87. The zero-order chi connectivity index (χ0) is 73.9. The molecule has 0 aliphatic rings. The topological polar surface area (TPSA) is 108 Å². The quantitative estimate of drug-likeness (QED) is 0.0211. The maximum atomic E-state index is 13.0. The van der Waals surface area contributed by atoms with Crippen molar-refractivity contribution in [2.24, 2.45) is 0 Å². The first-order chi connectivity index (χ1) is 50.1. The number of likely N-dealkylation sites (N-methyl/N-ethyl adjacent to an activating group) is 1. The summed E-state index contributed by atoms with van der Waals surface area (Å²) in [6.45, 7) is 4.96. The minimum Gasteiger partial charge on any atom is -0.477 e. The molecule has 0 rings (SSSR count). The molecule has 0 saturated carbocycles. The smallest absolute Gasteiger partial charge is 0.361 e. The van der Waals surface area contributed by atoms with Crippen LogP contribution < -0.4 is 0 Å². The lowest BCUT2D eigenvalue weighted by Crippen LogP contribution is -2.40. The van der Waals surface area contributed by atoms with Gasteiger partial charge in [-0.25, -0.2) is 4.79 Å². The molecule has 0 aromatic carbocycles. The van der Waals surface area contributed by atoms with Crippen molar-refractivity contribution in [1.82, 2.24) is 0 Å². The summed E-state index contributed by atoms with van der Waals surface area (Å²) < 4.78 is 23.1. The second-order valence-corrected chi connectivity index (χ2v) is 32.6. The van der Waals surface area contributed by atoms with Gasteiger partial charge in [0, 0.05) is 12.8 Å². The van der Waals surface area contributed by atoms with Crippen LogP contribution in [0.15, 0.2) is 36.5 Å². The van der Waals surface area contributed by atoms with Crippen molar-refractivity contribution in [1.29, 1.82) is 0 Å². The molecule has 2 unspecified atom stereocenters. The second kappa shape index (κ2) is 84.1. The van der Waals surface area contributed by atoms with E-state index in [9.17, 15) is 19.5 Å². The maximum Gasteiger partial charge on any atom is 0.361 e. The van der Waals surface area contributed by atoms with E-state index in [4.69, 9.17) is 18.9 Å². The van der Waals surface area contributed by atoms with E-state index >= 15 is 0 Å². The molecule has 1 N–H and O–H groups in total. The zero-order valence-electron chi connectivity index (χ0n) is 69.3. The van der Waals surface area contributed by atoms with Gasteiger partial charge in [0.25, 0.3) is 6.29 Å². The van der Waals surface area contributed by atoms with Gasteiger partial charge < -0.3 is 28.5 Å². The average molecular weight is 1440 g/mol. The number of hydrogen-bond donors (Lipinski definition) is 1. The first-order valence-corrected chi connectivity index (χ1v) is 45.7. The highest BCUT2D eigenvalue weighted by atomic mass is 16.7. The van der Waals surface area contributed by atoms with Crippen molar-refractivity contribution in [3.8, 4) is 0 Å². The van der Waals surface area contributed by atoms with Crippen LogP contribution in [-0.2, 0) is 33.3 Å². The highest BCUT2D eigenvalue weighted by Crippen LogP contribution is 2.21. The van der Waals surface area contributed by atoms with E-state index in [1.165, 1.54) is 405 Å². The Hall–Kier alpha value is -2.49. The Bertz CT molecular complexity index is 1770. The molecule has 0 aromatic rings. The number of carboxylic acid groups (broad SMARTS) is 1. The standard InChI is InChI=1S/C93H177NO8/c1-6-8-10-12-14-16-18-20-22-24-26-28-30-32-34-36-38-40-42-44-45-46-48-49-51-53-55-57-59-61-63-65-67-69-71-73-75-77-79-81-83-90(95)100-87-89(88-101-93(92(97)98)99-86-85-94(3,4)5)102-91(96)84-82-80-78-76-74-72-70-68-66-64-62-60-58-56-54-52-50-47-43-41-39-37-35-33-31-29-27-25-23-21-19-17-15-13-11-9-7-2/h19,21,25,27,31,33,89,93H,6-18,20,22-24,26,28-30,32,34-88H2,1-5H3/p+1/b21-19-,27-25-,33-31-. The van der Waals surface area contributed by atoms with Gasteiger partial charge in [-0.1, -0.05) is 455 Å². The molecule has 9 nitrogen and oxygen atoms in total. The fourth-order valence-electron chi connectivity index (χ4n) is 14.2. The van der Waals surface area contributed by atoms with Crippen molar-refractivity contribution in [3.63, 3.8) is 0 Å². The Morgan fingerprint density at radius 3 is 0.784 bits per heavy atom. The Morgan fingerprint density at radius 1 is 0.294 bits per heavy atom. The van der Waals surface area contributed by atoms with Crippen LogP contribution in [0.5, 0.6) is 0 Å². The van der Waals surface area contributed by atoms with Crippen LogP contribution in [0.4, 0.5) is 0 Å². The molecule has 102 heavy (non-hydrogen) atoms. The van der Waals surface area contributed by atoms with E-state index in [1.54, 1.807) is 0 Å². The Labute approximate surface area is 636 Å². The molecule has 9 heteroatoms. The van der Waals surface area contributed by atoms with Gasteiger partial charge in [-0.15, -0.1) is 0 Å². The molecule has 0 aromatic heterocycles. The number of allylic oxidation sites excluding steroid dienone is 6. The lowest BCUT2D eigenvalue weighted by molar-refractivity contribution is -0.870. The number of ether oxygens (including phenoxy) is 4. The Morgan fingerprint density at radius 2 is 0.529 bits per heavy atom. The third-order valence-corrected chi connectivity index (χ3v) is 21.1. The van der Waals surface area contributed by atoms with Gasteiger partial charge in [-0.3, -0.25) is 9.59 Å². The molecule has 0 heterocycles. The summed E-state index contributed by atoms with van der Waals surface area (Å²) in [7, 11) is 6.01. The summed E-state index contributed by atoms with van der Waals surface area (Å²) in [4.78, 5) is 37.8. The van der Waals surface area contributed by atoms with Crippen molar-refractivity contribution in [2.75, 3.05) is 47.5 Å². The predicted molar refractivity (Wildman–Crippen MR) is 443 cm³/mol. The van der Waals surface area contributed by atoms with Gasteiger partial charge in [0.05, 0.1) is 34.4 Å². The normalized spacial score (nSPS) is 12.7. The number of carbonyl (C=O) groups is 3. The summed E-state index contributed by atoms with van der Waals surface area (Å²) in [5.41, 5.74) is 0. The summed E-state index contributed by atoms with van der Waals surface area (Å²) in [5, 5.41) is 9.80. The third kappa shape index (κ3) is 84.8. The number of carbonyl (C=O) groups excluding carboxylic acids is 2. The fourth-order valence-corrected chi connectivity index (χ4v) is 14.2. The van der Waals surface area contributed by atoms with Gasteiger partial charge in [0.1, 0.15) is 13.2 Å². The van der Waals surface area contributed by atoms with E-state index in [-0.39, 0.29) is 38.2 Å². The molecule has 0 amide bonds. The van der Waals surface area contributed by atoms with E-state index in [0.717, 1.165) is 51.4 Å². The molecular formula is C93H178NO8+. The molecule has 0 fully saturated rings. The monoisotopic (exact) mass is 1440 g/mol. The fraction of sp³-hybridized carbons (Fsp3) is 0.903. The summed E-state index contributed by atoms with van der Waals surface area (Å²) in [5.74, 6) is -1.96. The molecule has 0 bridgehead atoms. The van der Waals surface area contributed by atoms with Gasteiger partial charge in [0.2, 0.25) is 0 Å². The van der Waals surface area contributed by atoms with E-state index in [1.807, 2.05) is 21.1 Å². The van der Waals surface area contributed by atoms with Crippen LogP contribution in [0.25, 0.3) is 0 Å². The zero-order valence-corrected chi connectivity index (χ0v) is 69.3. The van der Waals surface area contributed by atoms with Crippen molar-refractivity contribution in [3.05, 3.63) is 36.5 Å². The number of unbranched alkanes of at least 4 members (excludes halogenated alkanes) is 66. The van der Waals surface area contributed by atoms with Gasteiger partial charge >= 0.3 is 17.9 Å². The second-order valence-electron chi connectivity index (χ2n) is 32.6. The minimum absolute atomic E-state index is 0.174. The number of quaternary nitrogens is 1. The van der Waals surface area contributed by atoms with E-state index < -0.39 is 18.4 Å². The Balaban J connectivity index is 3.88. The van der Waals surface area contributed by atoms with Gasteiger partial charge in [-0.05, 0) is 51.4 Å². The van der Waals surface area contributed by atoms with Crippen molar-refractivity contribution < 1.29 is 42.9 Å². The van der Waals surface area contributed by atoms with Gasteiger partial charge in [0.15, 0.2) is 6.10 Å². The van der Waals surface area contributed by atoms with Crippen LogP contribution >= 0.6 is 0 Å². The van der Waals surface area contributed by atoms with Crippen LogP contribution in [0.3, 0.4) is 0 Å². The van der Waals surface area contributed by atoms with Crippen LogP contribution in [0, 0.1) is 0 Å². The summed E-state index contributed by atoms with van der Waals surface area (Å²) in [6.07, 6.45) is 108. The van der Waals surface area contributed by atoms with Crippen molar-refractivity contribution >= 4 is 17.9 Å². The molecule has 0 aliphatic heterocycles. The van der Waals surface area contributed by atoms with Crippen molar-refractivity contribution in [2.45, 2.75) is 495 Å². The highest BCUT2D eigenvalue weighted by Gasteiger charge is 2.25. The van der Waals surface area contributed by atoms with Crippen LogP contribution in [0.2, 0.25) is 0 Å². The molecule has 2 atom stereocenters. The number of aliphatic carboxylic acids is 1. The number of carboxylic acids is 1. The predicted octanol–water partition coefficient (Wildman–Crippen LogP) is 29.8.